The number of hydrogen-bond donors (Lipinski definition) is 1. The number of rotatable bonds is 4. The van der Waals surface area contributed by atoms with E-state index in [1.807, 2.05) is 0 Å². The molecule has 0 radical (unpaired) electrons. The van der Waals surface area contributed by atoms with Crippen molar-refractivity contribution < 1.29 is 0 Å². The molecule has 15 heavy (non-hydrogen) atoms. The highest BCUT2D eigenvalue weighted by atomic mass is 15.3. The smallest absolute Gasteiger partial charge is 0.0444 e. The Labute approximate surface area is 94.1 Å². The fraction of sp³-hybridized carbons (Fsp3) is 0.833. The summed E-state index contributed by atoms with van der Waals surface area (Å²) in [5.41, 5.74) is 1.24. The molecule has 0 saturated carbocycles. The van der Waals surface area contributed by atoms with Gasteiger partial charge in [0.1, 0.15) is 0 Å². The zero-order chi connectivity index (χ0) is 11.4. The SMILES string of the molecule is C=C(C)C(NCC)C1CN(C)CCN1C. The van der Waals surface area contributed by atoms with Crippen LogP contribution in [0.2, 0.25) is 0 Å². The first kappa shape index (κ1) is 12.7. The second kappa shape index (κ2) is 5.64. The van der Waals surface area contributed by atoms with Crippen molar-refractivity contribution in [2.75, 3.05) is 40.3 Å². The van der Waals surface area contributed by atoms with Gasteiger partial charge in [-0.15, -0.1) is 0 Å². The van der Waals surface area contributed by atoms with Crippen LogP contribution in [0, 0.1) is 0 Å². The monoisotopic (exact) mass is 211 g/mol. The van der Waals surface area contributed by atoms with E-state index in [4.69, 9.17) is 0 Å². The lowest BCUT2D eigenvalue weighted by atomic mass is 9.98. The Morgan fingerprint density at radius 1 is 1.47 bits per heavy atom. The fourth-order valence-corrected chi connectivity index (χ4v) is 2.26. The van der Waals surface area contributed by atoms with Gasteiger partial charge in [-0.2, -0.15) is 0 Å². The molecule has 88 valence electrons. The molecular weight excluding hydrogens is 186 g/mol. The molecule has 0 aliphatic carbocycles. The van der Waals surface area contributed by atoms with Crippen molar-refractivity contribution in [3.63, 3.8) is 0 Å². The normalized spacial score (nSPS) is 26.5. The van der Waals surface area contributed by atoms with Crippen molar-refractivity contribution in [1.29, 1.82) is 0 Å². The lowest BCUT2D eigenvalue weighted by Crippen LogP contribution is -2.58. The van der Waals surface area contributed by atoms with E-state index in [9.17, 15) is 0 Å². The largest absolute Gasteiger partial charge is 0.309 e. The second-order valence-electron chi connectivity index (χ2n) is 4.69. The summed E-state index contributed by atoms with van der Waals surface area (Å²) in [5, 5.41) is 3.53. The van der Waals surface area contributed by atoms with Crippen LogP contribution in [0.3, 0.4) is 0 Å². The van der Waals surface area contributed by atoms with Gasteiger partial charge in [0.2, 0.25) is 0 Å². The molecule has 0 aromatic carbocycles. The third kappa shape index (κ3) is 3.30. The van der Waals surface area contributed by atoms with Crippen LogP contribution in [0.1, 0.15) is 13.8 Å². The summed E-state index contributed by atoms with van der Waals surface area (Å²) in [4.78, 5) is 4.85. The second-order valence-corrected chi connectivity index (χ2v) is 4.69. The van der Waals surface area contributed by atoms with Crippen LogP contribution in [-0.4, -0.2) is 62.2 Å². The van der Waals surface area contributed by atoms with Crippen LogP contribution >= 0.6 is 0 Å². The van der Waals surface area contributed by atoms with Crippen LogP contribution in [0.25, 0.3) is 0 Å². The van der Waals surface area contributed by atoms with Crippen molar-refractivity contribution in [3.8, 4) is 0 Å². The molecule has 0 amide bonds. The van der Waals surface area contributed by atoms with Gasteiger partial charge in [0.25, 0.3) is 0 Å². The van der Waals surface area contributed by atoms with Crippen LogP contribution in [-0.2, 0) is 0 Å². The zero-order valence-electron chi connectivity index (χ0n) is 10.6. The van der Waals surface area contributed by atoms with Crippen LogP contribution < -0.4 is 5.32 Å². The van der Waals surface area contributed by atoms with E-state index in [2.05, 4.69) is 49.6 Å². The summed E-state index contributed by atoms with van der Waals surface area (Å²) in [6.07, 6.45) is 0. The summed E-state index contributed by atoms with van der Waals surface area (Å²) >= 11 is 0. The fourth-order valence-electron chi connectivity index (χ4n) is 2.26. The zero-order valence-corrected chi connectivity index (χ0v) is 10.6. The van der Waals surface area contributed by atoms with Gasteiger partial charge in [-0.3, -0.25) is 4.90 Å². The van der Waals surface area contributed by atoms with Crippen LogP contribution in [0.5, 0.6) is 0 Å². The van der Waals surface area contributed by atoms with E-state index < -0.39 is 0 Å². The van der Waals surface area contributed by atoms with Crippen molar-refractivity contribution >= 4 is 0 Å². The Hall–Kier alpha value is -0.380. The highest BCUT2D eigenvalue weighted by molar-refractivity contribution is 5.08. The topological polar surface area (TPSA) is 18.5 Å². The Kier molecular flexibility index (Phi) is 4.77. The van der Waals surface area contributed by atoms with Gasteiger partial charge in [-0.05, 0) is 27.6 Å². The molecule has 2 unspecified atom stereocenters. The first-order chi connectivity index (χ1) is 7.06. The molecule has 1 aliphatic rings. The van der Waals surface area contributed by atoms with E-state index in [-0.39, 0.29) is 0 Å². The van der Waals surface area contributed by atoms with E-state index in [0.29, 0.717) is 12.1 Å². The molecular formula is C12H25N3. The predicted octanol–water partition coefficient (Wildman–Crippen LogP) is 0.786. The number of hydrogen-bond acceptors (Lipinski definition) is 3. The highest BCUT2D eigenvalue weighted by Gasteiger charge is 2.29. The molecule has 2 atom stereocenters. The number of nitrogens with zero attached hydrogens (tertiary/aromatic N) is 2. The lowest BCUT2D eigenvalue weighted by Gasteiger charge is -2.42. The molecule has 0 aromatic heterocycles. The summed E-state index contributed by atoms with van der Waals surface area (Å²) in [6, 6.07) is 0.976. The third-order valence-electron chi connectivity index (χ3n) is 3.24. The van der Waals surface area contributed by atoms with Gasteiger partial charge in [-0.25, -0.2) is 0 Å². The van der Waals surface area contributed by atoms with Crippen molar-refractivity contribution in [2.24, 2.45) is 0 Å². The Bertz CT molecular complexity index is 215. The molecule has 3 nitrogen and oxygen atoms in total. The van der Waals surface area contributed by atoms with Crippen molar-refractivity contribution in [2.45, 2.75) is 25.9 Å². The molecule has 1 rings (SSSR count). The minimum atomic E-state index is 0.419. The molecule has 1 heterocycles. The molecule has 0 spiro atoms. The average molecular weight is 211 g/mol. The molecule has 1 saturated heterocycles. The van der Waals surface area contributed by atoms with E-state index in [1.54, 1.807) is 0 Å². The van der Waals surface area contributed by atoms with Crippen LogP contribution in [0.15, 0.2) is 12.2 Å². The van der Waals surface area contributed by atoms with E-state index in [0.717, 1.165) is 19.6 Å². The molecule has 3 heteroatoms. The quantitative estimate of drug-likeness (QED) is 0.694. The van der Waals surface area contributed by atoms with Crippen molar-refractivity contribution in [3.05, 3.63) is 12.2 Å². The lowest BCUT2D eigenvalue weighted by molar-refractivity contribution is 0.0965. The van der Waals surface area contributed by atoms with E-state index >= 15 is 0 Å². The molecule has 0 bridgehead atoms. The van der Waals surface area contributed by atoms with Gasteiger partial charge in [0.15, 0.2) is 0 Å². The molecule has 1 N–H and O–H groups in total. The predicted molar refractivity (Wildman–Crippen MR) is 66.2 cm³/mol. The van der Waals surface area contributed by atoms with Gasteiger partial charge in [0.05, 0.1) is 0 Å². The summed E-state index contributed by atoms with van der Waals surface area (Å²) in [6.45, 7) is 12.8. The maximum atomic E-state index is 4.10. The Morgan fingerprint density at radius 3 is 2.67 bits per heavy atom. The third-order valence-corrected chi connectivity index (χ3v) is 3.24. The molecule has 0 aromatic rings. The first-order valence-corrected chi connectivity index (χ1v) is 5.83. The maximum absolute atomic E-state index is 4.10. The highest BCUT2D eigenvalue weighted by Crippen LogP contribution is 2.14. The van der Waals surface area contributed by atoms with Crippen molar-refractivity contribution in [1.82, 2.24) is 15.1 Å². The number of likely N-dealkylation sites (N-methyl/N-ethyl adjacent to an activating group) is 3. The van der Waals surface area contributed by atoms with Crippen LogP contribution in [0.4, 0.5) is 0 Å². The Balaban J connectivity index is 2.67. The van der Waals surface area contributed by atoms with Gasteiger partial charge in [0, 0.05) is 31.7 Å². The Morgan fingerprint density at radius 2 is 2.13 bits per heavy atom. The first-order valence-electron chi connectivity index (χ1n) is 5.83. The molecule has 1 aliphatic heterocycles. The van der Waals surface area contributed by atoms with E-state index in [1.165, 1.54) is 12.1 Å². The summed E-state index contributed by atoms with van der Waals surface area (Å²) in [7, 11) is 4.41. The summed E-state index contributed by atoms with van der Waals surface area (Å²) < 4.78 is 0. The minimum Gasteiger partial charge on any atom is -0.309 e. The number of nitrogens with one attached hydrogen (secondary N) is 1. The van der Waals surface area contributed by atoms with Gasteiger partial charge >= 0.3 is 0 Å². The van der Waals surface area contributed by atoms with Gasteiger partial charge < -0.3 is 10.2 Å². The maximum Gasteiger partial charge on any atom is 0.0444 e. The summed E-state index contributed by atoms with van der Waals surface area (Å²) in [5.74, 6) is 0. The molecule has 1 fully saturated rings. The average Bonchev–Trinajstić information content (AvgIpc) is 2.18. The van der Waals surface area contributed by atoms with Gasteiger partial charge in [-0.1, -0.05) is 19.1 Å². The standard InChI is InChI=1S/C12H25N3/c1-6-13-12(10(2)3)11-9-14(4)7-8-15(11)5/h11-13H,2,6-9H2,1,3-5H3. The minimum absolute atomic E-state index is 0.419. The number of piperazine rings is 1.